The summed E-state index contributed by atoms with van der Waals surface area (Å²) in [5.74, 6) is -0.258. The second kappa shape index (κ2) is 9.03. The molecule has 0 N–H and O–H groups in total. The Hall–Kier alpha value is -3.34. The third-order valence-corrected chi connectivity index (χ3v) is 7.66. The number of nitriles is 1. The lowest BCUT2D eigenvalue weighted by Crippen LogP contribution is -2.44. The highest BCUT2D eigenvalue weighted by Crippen LogP contribution is 2.33. The molecular formula is C26H23Cl2N5O2. The summed E-state index contributed by atoms with van der Waals surface area (Å²) in [5.41, 5.74) is 4.22. The van der Waals surface area contributed by atoms with Gasteiger partial charge in [-0.25, -0.2) is 0 Å². The van der Waals surface area contributed by atoms with Gasteiger partial charge in [0.15, 0.2) is 0 Å². The van der Waals surface area contributed by atoms with Crippen LogP contribution in [0.25, 0.3) is 0 Å². The van der Waals surface area contributed by atoms with Crippen molar-refractivity contribution < 1.29 is 9.59 Å². The fraction of sp³-hybridized carbons (Fsp3) is 0.308. The number of aromatic nitrogens is 2. The van der Waals surface area contributed by atoms with Gasteiger partial charge < -0.3 is 9.80 Å². The monoisotopic (exact) mass is 507 g/mol. The summed E-state index contributed by atoms with van der Waals surface area (Å²) in [5, 5.41) is 14.5. The predicted molar refractivity (Wildman–Crippen MR) is 132 cm³/mol. The van der Waals surface area contributed by atoms with Crippen molar-refractivity contribution in [2.45, 2.75) is 45.4 Å². The molecule has 178 valence electrons. The fourth-order valence-electron chi connectivity index (χ4n) is 4.89. The van der Waals surface area contributed by atoms with Crippen molar-refractivity contribution in [2.75, 3.05) is 6.54 Å². The Morgan fingerprint density at radius 1 is 1.14 bits per heavy atom. The van der Waals surface area contributed by atoms with Gasteiger partial charge in [0.05, 0.1) is 46.5 Å². The molecule has 0 saturated heterocycles. The average Bonchev–Trinajstić information content (AvgIpc) is 3.22. The maximum absolute atomic E-state index is 13.7. The van der Waals surface area contributed by atoms with E-state index in [4.69, 9.17) is 33.6 Å². The Morgan fingerprint density at radius 2 is 1.89 bits per heavy atom. The number of rotatable bonds is 3. The highest BCUT2D eigenvalue weighted by Gasteiger charge is 2.38. The van der Waals surface area contributed by atoms with E-state index in [1.54, 1.807) is 39.9 Å². The van der Waals surface area contributed by atoms with Gasteiger partial charge in [-0.05, 0) is 49.7 Å². The summed E-state index contributed by atoms with van der Waals surface area (Å²) < 4.78 is 1.79. The molecule has 2 aliphatic heterocycles. The number of nitrogens with zero attached hydrogens (tertiary/aromatic N) is 5. The van der Waals surface area contributed by atoms with E-state index < -0.39 is 0 Å². The van der Waals surface area contributed by atoms with Gasteiger partial charge in [0, 0.05) is 30.1 Å². The van der Waals surface area contributed by atoms with E-state index in [1.165, 1.54) is 0 Å². The van der Waals surface area contributed by atoms with Gasteiger partial charge in [0.2, 0.25) is 0 Å². The number of carbonyl (C=O) groups excluding carboxylic acids is 2. The van der Waals surface area contributed by atoms with Crippen LogP contribution in [0.1, 0.15) is 63.1 Å². The second-order valence-corrected chi connectivity index (χ2v) is 9.83. The second-order valence-electron chi connectivity index (χ2n) is 9.02. The topological polar surface area (TPSA) is 82.2 Å². The molecule has 0 radical (unpaired) electrons. The Kier molecular flexibility index (Phi) is 6.04. The quantitative estimate of drug-likeness (QED) is 0.506. The van der Waals surface area contributed by atoms with Gasteiger partial charge in [-0.15, -0.1) is 0 Å². The van der Waals surface area contributed by atoms with Crippen molar-refractivity contribution in [3.63, 3.8) is 0 Å². The van der Waals surface area contributed by atoms with Crippen LogP contribution in [0.5, 0.6) is 0 Å². The van der Waals surface area contributed by atoms with Crippen molar-refractivity contribution in [1.82, 2.24) is 19.6 Å². The molecule has 7 nitrogen and oxygen atoms in total. The van der Waals surface area contributed by atoms with Crippen molar-refractivity contribution in [2.24, 2.45) is 0 Å². The summed E-state index contributed by atoms with van der Waals surface area (Å²) in [7, 11) is 0. The largest absolute Gasteiger partial charge is 0.331 e. The van der Waals surface area contributed by atoms with Crippen molar-refractivity contribution in [1.29, 1.82) is 5.26 Å². The number of carbonyl (C=O) groups is 2. The zero-order valence-corrected chi connectivity index (χ0v) is 20.8. The molecule has 2 aliphatic rings. The predicted octanol–water partition coefficient (Wildman–Crippen LogP) is 4.87. The first-order valence-corrected chi connectivity index (χ1v) is 12.2. The van der Waals surface area contributed by atoms with Crippen LogP contribution in [-0.4, -0.2) is 44.0 Å². The molecule has 0 aliphatic carbocycles. The van der Waals surface area contributed by atoms with E-state index in [-0.39, 0.29) is 23.9 Å². The van der Waals surface area contributed by atoms with E-state index >= 15 is 0 Å². The lowest BCUT2D eigenvalue weighted by molar-refractivity contribution is 0.0605. The van der Waals surface area contributed by atoms with Crippen LogP contribution in [0.15, 0.2) is 42.5 Å². The number of hydrogen-bond acceptors (Lipinski definition) is 4. The summed E-state index contributed by atoms with van der Waals surface area (Å²) in [6, 6.07) is 14.0. The first kappa shape index (κ1) is 23.4. The molecule has 0 saturated carbocycles. The highest BCUT2D eigenvalue weighted by molar-refractivity contribution is 6.42. The third-order valence-electron chi connectivity index (χ3n) is 6.92. The van der Waals surface area contributed by atoms with Crippen LogP contribution in [0, 0.1) is 11.3 Å². The summed E-state index contributed by atoms with van der Waals surface area (Å²) in [6.07, 6.45) is 0.570. The Bertz CT molecular complexity index is 1380. The molecule has 0 fully saturated rings. The maximum atomic E-state index is 13.7. The van der Waals surface area contributed by atoms with Crippen LogP contribution in [0.2, 0.25) is 10.0 Å². The van der Waals surface area contributed by atoms with Crippen molar-refractivity contribution in [3.8, 4) is 6.07 Å². The molecule has 35 heavy (non-hydrogen) atoms. The van der Waals surface area contributed by atoms with E-state index in [0.717, 1.165) is 16.8 Å². The fourth-order valence-corrected chi connectivity index (χ4v) is 5.19. The molecule has 3 heterocycles. The molecule has 3 aromatic rings. The molecule has 0 unspecified atom stereocenters. The molecular weight excluding hydrogens is 485 g/mol. The van der Waals surface area contributed by atoms with Crippen LogP contribution < -0.4 is 0 Å². The Balaban J connectivity index is 1.43. The summed E-state index contributed by atoms with van der Waals surface area (Å²) in [4.78, 5) is 30.6. The molecule has 1 aromatic heterocycles. The summed E-state index contributed by atoms with van der Waals surface area (Å²) >= 11 is 12.2. The first-order valence-electron chi connectivity index (χ1n) is 11.4. The number of amides is 2. The highest BCUT2D eigenvalue weighted by atomic mass is 35.5. The van der Waals surface area contributed by atoms with Crippen LogP contribution in [0.4, 0.5) is 0 Å². The van der Waals surface area contributed by atoms with E-state index in [2.05, 4.69) is 6.07 Å². The van der Waals surface area contributed by atoms with Gasteiger partial charge in [0.25, 0.3) is 11.8 Å². The summed E-state index contributed by atoms with van der Waals surface area (Å²) in [6.45, 7) is 5.40. The van der Waals surface area contributed by atoms with E-state index in [0.29, 0.717) is 52.9 Å². The lowest BCUT2D eigenvalue weighted by Gasteiger charge is -2.35. The molecule has 2 atom stereocenters. The minimum atomic E-state index is -0.161. The Labute approximate surface area is 213 Å². The smallest absolute Gasteiger partial charge is 0.273 e. The van der Waals surface area contributed by atoms with Crippen molar-refractivity contribution in [3.05, 3.63) is 86.2 Å². The molecule has 9 heteroatoms. The van der Waals surface area contributed by atoms with E-state index in [9.17, 15) is 9.59 Å². The zero-order chi connectivity index (χ0) is 24.9. The lowest BCUT2D eigenvalue weighted by atomic mass is 9.97. The van der Waals surface area contributed by atoms with Crippen molar-refractivity contribution >= 4 is 35.0 Å². The Morgan fingerprint density at radius 3 is 2.57 bits per heavy atom. The first-order chi connectivity index (χ1) is 16.8. The maximum Gasteiger partial charge on any atom is 0.273 e. The molecule has 0 bridgehead atoms. The van der Waals surface area contributed by atoms with Gasteiger partial charge in [-0.3, -0.25) is 14.3 Å². The zero-order valence-electron chi connectivity index (χ0n) is 19.3. The van der Waals surface area contributed by atoms with Gasteiger partial charge in [-0.2, -0.15) is 10.4 Å². The minimum Gasteiger partial charge on any atom is -0.331 e. The van der Waals surface area contributed by atoms with Gasteiger partial charge in [-0.1, -0.05) is 35.3 Å². The van der Waals surface area contributed by atoms with Gasteiger partial charge in [0.1, 0.15) is 5.69 Å². The van der Waals surface area contributed by atoms with Crippen LogP contribution >= 0.6 is 23.2 Å². The van der Waals surface area contributed by atoms with Crippen LogP contribution in [0.3, 0.4) is 0 Å². The standard InChI is InChI=1S/C26H23Cl2N5O2/c1-15-11-23-20(14-32(15)25(34)19-7-8-21(27)22(28)12-19)24-26(35)31(9-10-33(24)30-23)16(2)18-5-3-17(13-29)4-6-18/h3-8,12,15-16H,9-11,14H2,1-2H3/t15-,16+/m1/s1. The number of benzene rings is 2. The number of halogens is 2. The average molecular weight is 508 g/mol. The number of hydrogen-bond donors (Lipinski definition) is 0. The van der Waals surface area contributed by atoms with Crippen LogP contribution in [-0.2, 0) is 19.5 Å². The molecule has 0 spiro atoms. The van der Waals surface area contributed by atoms with Gasteiger partial charge >= 0.3 is 0 Å². The molecule has 2 aromatic carbocycles. The number of fused-ring (bicyclic) bond motifs is 3. The normalized spacial score (nSPS) is 18.0. The molecule has 5 rings (SSSR count). The SMILES string of the molecule is C[C@@H]1Cc2nn3c(c2CN1C(=O)c1ccc(Cl)c(Cl)c1)C(=O)N([C@@H](C)c1ccc(C#N)cc1)CC3. The van der Waals surface area contributed by atoms with E-state index in [1.807, 2.05) is 30.9 Å². The molecule has 2 amide bonds. The minimum absolute atomic E-state index is 0.0785. The third kappa shape index (κ3) is 4.07.